The molecular weight excluding hydrogens is 368 g/mol. The van der Waals surface area contributed by atoms with E-state index in [1.165, 1.54) is 18.2 Å². The van der Waals surface area contributed by atoms with Crippen LogP contribution in [0.4, 0.5) is 5.69 Å². The van der Waals surface area contributed by atoms with Gasteiger partial charge in [0, 0.05) is 17.7 Å². The number of non-ortho nitro benzene ring substituents is 1. The van der Waals surface area contributed by atoms with Gasteiger partial charge in [0.15, 0.2) is 6.61 Å². The van der Waals surface area contributed by atoms with Crippen LogP contribution in [-0.2, 0) is 19.1 Å². The van der Waals surface area contributed by atoms with E-state index < -0.39 is 29.8 Å². The number of hydrogen-bond acceptors (Lipinski definition) is 7. The lowest BCUT2D eigenvalue weighted by molar-refractivity contribution is -0.384. The second-order valence-corrected chi connectivity index (χ2v) is 7.54. The van der Waals surface area contributed by atoms with E-state index in [-0.39, 0.29) is 46.7 Å². The number of ketones is 1. The van der Waals surface area contributed by atoms with Crippen LogP contribution in [0.15, 0.2) is 24.3 Å². The molecule has 2 saturated carbocycles. The summed E-state index contributed by atoms with van der Waals surface area (Å²) in [5, 5.41) is 10.8. The summed E-state index contributed by atoms with van der Waals surface area (Å²) in [6, 6.07) is 5.09. The van der Waals surface area contributed by atoms with Crippen molar-refractivity contribution in [2.24, 2.45) is 23.7 Å². The molecule has 2 amide bonds. The van der Waals surface area contributed by atoms with Gasteiger partial charge in [0.05, 0.1) is 16.8 Å². The second-order valence-electron chi connectivity index (χ2n) is 7.54. The van der Waals surface area contributed by atoms with Gasteiger partial charge in [-0.05, 0) is 31.1 Å². The van der Waals surface area contributed by atoms with Crippen LogP contribution >= 0.6 is 0 Å². The van der Waals surface area contributed by atoms with Crippen molar-refractivity contribution in [2.75, 3.05) is 13.2 Å². The lowest BCUT2D eigenvalue weighted by Gasteiger charge is -2.19. The molecule has 2 aliphatic carbocycles. The minimum atomic E-state index is -0.854. The Hall–Kier alpha value is -3.10. The number of carbonyl (C=O) groups excluding carboxylic acids is 4. The molecule has 1 aromatic carbocycles. The lowest BCUT2D eigenvalue weighted by atomic mass is 9.81. The van der Waals surface area contributed by atoms with Crippen molar-refractivity contribution in [3.05, 3.63) is 39.9 Å². The van der Waals surface area contributed by atoms with Crippen LogP contribution in [0.3, 0.4) is 0 Å². The molecule has 3 fully saturated rings. The molecule has 4 rings (SSSR count). The van der Waals surface area contributed by atoms with Crippen LogP contribution < -0.4 is 0 Å². The Morgan fingerprint density at radius 2 is 1.79 bits per heavy atom. The van der Waals surface area contributed by atoms with E-state index >= 15 is 0 Å². The van der Waals surface area contributed by atoms with Crippen LogP contribution in [-0.4, -0.2) is 46.5 Å². The van der Waals surface area contributed by atoms with Crippen molar-refractivity contribution in [3.63, 3.8) is 0 Å². The fraction of sp³-hybridized carbons (Fsp3) is 0.474. The average Bonchev–Trinajstić information content (AvgIpc) is 3.36. The lowest BCUT2D eigenvalue weighted by Crippen LogP contribution is -2.38. The number of benzene rings is 1. The molecule has 1 aliphatic heterocycles. The van der Waals surface area contributed by atoms with Gasteiger partial charge < -0.3 is 4.74 Å². The molecule has 9 nitrogen and oxygen atoms in total. The molecule has 1 aromatic rings. The largest absolute Gasteiger partial charge is 0.456 e. The van der Waals surface area contributed by atoms with Gasteiger partial charge >= 0.3 is 5.97 Å². The van der Waals surface area contributed by atoms with Crippen molar-refractivity contribution in [1.82, 2.24) is 4.90 Å². The fourth-order valence-electron chi connectivity index (χ4n) is 4.82. The Balaban J connectivity index is 1.34. The smallest absolute Gasteiger partial charge is 0.326 e. The highest BCUT2D eigenvalue weighted by molar-refractivity contribution is 6.08. The number of imide groups is 1. The number of hydrogen-bond donors (Lipinski definition) is 0. The zero-order valence-corrected chi connectivity index (χ0v) is 14.9. The van der Waals surface area contributed by atoms with Crippen molar-refractivity contribution < 1.29 is 28.8 Å². The summed E-state index contributed by atoms with van der Waals surface area (Å²) in [6.45, 7) is -1.12. The number of likely N-dealkylation sites (tertiary alicyclic amines) is 1. The van der Waals surface area contributed by atoms with E-state index in [1.54, 1.807) is 0 Å². The minimum absolute atomic E-state index is 0.0430. The maximum absolute atomic E-state index is 12.6. The minimum Gasteiger partial charge on any atom is -0.456 e. The first kappa shape index (κ1) is 18.3. The number of nitro benzene ring substituents is 1. The topological polar surface area (TPSA) is 124 Å². The van der Waals surface area contributed by atoms with Crippen molar-refractivity contribution in [1.29, 1.82) is 0 Å². The highest BCUT2D eigenvalue weighted by Gasteiger charge is 2.61. The van der Waals surface area contributed by atoms with Crippen molar-refractivity contribution in [3.8, 4) is 0 Å². The number of Topliss-reactive ketones (excluding diaryl/α,β-unsaturated/α-hetero) is 1. The monoisotopic (exact) mass is 386 g/mol. The molecule has 4 atom stereocenters. The van der Waals surface area contributed by atoms with Crippen LogP contribution in [0.25, 0.3) is 0 Å². The first-order valence-electron chi connectivity index (χ1n) is 9.15. The number of nitrogens with zero attached hydrogens (tertiary/aromatic N) is 2. The number of esters is 1. The first-order chi connectivity index (χ1) is 13.4. The molecule has 146 valence electrons. The van der Waals surface area contributed by atoms with E-state index in [1.807, 2.05) is 0 Å². The summed E-state index contributed by atoms with van der Waals surface area (Å²) >= 11 is 0. The number of fused-ring (bicyclic) bond motifs is 5. The fourth-order valence-corrected chi connectivity index (χ4v) is 4.82. The molecule has 0 unspecified atom stereocenters. The molecular formula is C19H18N2O7. The van der Waals surface area contributed by atoms with E-state index in [2.05, 4.69) is 0 Å². The third-order valence-electron chi connectivity index (χ3n) is 6.05. The summed E-state index contributed by atoms with van der Waals surface area (Å²) in [5.74, 6) is -2.27. The predicted molar refractivity (Wildman–Crippen MR) is 92.9 cm³/mol. The maximum atomic E-state index is 12.6. The maximum Gasteiger partial charge on any atom is 0.326 e. The summed E-state index contributed by atoms with van der Waals surface area (Å²) < 4.78 is 4.90. The molecule has 2 bridgehead atoms. The van der Waals surface area contributed by atoms with Gasteiger partial charge in [-0.3, -0.25) is 34.2 Å². The summed E-state index contributed by atoms with van der Waals surface area (Å²) in [5.41, 5.74) is -0.201. The molecule has 1 saturated heterocycles. The zero-order valence-electron chi connectivity index (χ0n) is 14.9. The molecule has 1 heterocycles. The van der Waals surface area contributed by atoms with E-state index in [4.69, 9.17) is 4.74 Å². The summed E-state index contributed by atoms with van der Waals surface area (Å²) in [4.78, 5) is 60.4. The molecule has 0 spiro atoms. The number of ether oxygens (including phenoxy) is 1. The van der Waals surface area contributed by atoms with Gasteiger partial charge in [0.25, 0.3) is 5.69 Å². The van der Waals surface area contributed by atoms with Gasteiger partial charge in [-0.25, -0.2) is 0 Å². The van der Waals surface area contributed by atoms with Gasteiger partial charge in [-0.1, -0.05) is 12.1 Å². The zero-order chi connectivity index (χ0) is 20.0. The quantitative estimate of drug-likeness (QED) is 0.238. The first-order valence-corrected chi connectivity index (χ1v) is 9.15. The number of carbonyl (C=O) groups is 4. The van der Waals surface area contributed by atoms with Gasteiger partial charge in [0.1, 0.15) is 6.54 Å². The SMILES string of the molecule is O=C(CN1C(=O)[C@@H]2[C@H]3CC[C@@H](C3)[C@H]2C1=O)OCC(=O)c1cccc([N+](=O)[O-])c1. The van der Waals surface area contributed by atoms with Gasteiger partial charge in [0.2, 0.25) is 17.6 Å². The summed E-state index contributed by atoms with van der Waals surface area (Å²) in [7, 11) is 0. The number of amides is 2. The van der Waals surface area contributed by atoms with Crippen molar-refractivity contribution in [2.45, 2.75) is 19.3 Å². The Morgan fingerprint density at radius 1 is 1.14 bits per heavy atom. The Morgan fingerprint density at radius 3 is 2.39 bits per heavy atom. The Bertz CT molecular complexity index is 868. The van der Waals surface area contributed by atoms with Crippen molar-refractivity contribution >= 4 is 29.3 Å². The normalized spacial score (nSPS) is 27.8. The molecule has 3 aliphatic rings. The molecule has 9 heteroatoms. The number of nitro groups is 1. The van der Waals surface area contributed by atoms with E-state index in [0.29, 0.717) is 0 Å². The molecule has 28 heavy (non-hydrogen) atoms. The van der Waals surface area contributed by atoms with Gasteiger partial charge in [-0.15, -0.1) is 0 Å². The predicted octanol–water partition coefficient (Wildman–Crippen LogP) is 1.35. The Kier molecular flexibility index (Phi) is 4.44. The van der Waals surface area contributed by atoms with Crippen LogP contribution in [0, 0.1) is 33.8 Å². The van der Waals surface area contributed by atoms with Gasteiger partial charge in [-0.2, -0.15) is 0 Å². The molecule has 0 N–H and O–H groups in total. The highest BCUT2D eigenvalue weighted by Crippen LogP contribution is 2.56. The summed E-state index contributed by atoms with van der Waals surface area (Å²) in [6.07, 6.45) is 2.80. The van der Waals surface area contributed by atoms with Crippen LogP contribution in [0.1, 0.15) is 29.6 Å². The third kappa shape index (κ3) is 2.96. The number of rotatable bonds is 6. The van der Waals surface area contributed by atoms with E-state index in [9.17, 15) is 29.3 Å². The molecule has 0 aromatic heterocycles. The average molecular weight is 386 g/mol. The second kappa shape index (κ2) is 6.81. The third-order valence-corrected chi connectivity index (χ3v) is 6.05. The van der Waals surface area contributed by atoms with E-state index in [0.717, 1.165) is 30.2 Å². The molecule has 0 radical (unpaired) electrons. The highest BCUT2D eigenvalue weighted by atomic mass is 16.6. The van der Waals surface area contributed by atoms with Crippen LogP contribution in [0.2, 0.25) is 0 Å². The standard InChI is InChI=1S/C19H18N2O7/c22-14(10-2-1-3-13(7-10)21(26)27)9-28-15(23)8-20-18(24)16-11-4-5-12(6-11)17(16)19(20)25/h1-3,7,11-12,16-17H,4-6,8-9H2/t11-,12-,16+,17+/m0/s1. The Labute approximate surface area is 159 Å². The van der Waals surface area contributed by atoms with Crippen LogP contribution in [0.5, 0.6) is 0 Å².